The Morgan fingerprint density at radius 1 is 1.05 bits per heavy atom. The van der Waals surface area contributed by atoms with Crippen LogP contribution in [0.3, 0.4) is 0 Å². The Morgan fingerprint density at radius 3 is 2.50 bits per heavy atom. The van der Waals surface area contributed by atoms with Gasteiger partial charge in [-0.3, -0.25) is 0 Å². The van der Waals surface area contributed by atoms with Gasteiger partial charge in [0.25, 0.3) is 0 Å². The molecule has 0 spiro atoms. The van der Waals surface area contributed by atoms with E-state index in [-0.39, 0.29) is 5.38 Å². The van der Waals surface area contributed by atoms with Gasteiger partial charge in [-0.1, -0.05) is 29.8 Å². The first-order chi connectivity index (χ1) is 9.67. The lowest BCUT2D eigenvalue weighted by molar-refractivity contribution is 0.336. The number of rotatable bonds is 5. The van der Waals surface area contributed by atoms with Crippen LogP contribution >= 0.6 is 23.2 Å². The molecule has 0 saturated heterocycles. The number of alkyl halides is 1. The average Bonchev–Trinajstić information content (AvgIpc) is 2.47. The highest BCUT2D eigenvalue weighted by atomic mass is 35.5. The molecule has 2 rings (SSSR count). The van der Waals surface area contributed by atoms with E-state index < -0.39 is 0 Å². The summed E-state index contributed by atoms with van der Waals surface area (Å²) >= 11 is 12.7. The fourth-order valence-corrected chi connectivity index (χ4v) is 2.58. The van der Waals surface area contributed by atoms with Gasteiger partial charge in [-0.2, -0.15) is 0 Å². The molecule has 2 aromatic rings. The zero-order chi connectivity index (χ0) is 14.5. The third kappa shape index (κ3) is 3.20. The van der Waals surface area contributed by atoms with Gasteiger partial charge in [-0.05, 0) is 31.2 Å². The van der Waals surface area contributed by atoms with Crippen molar-refractivity contribution in [1.29, 1.82) is 0 Å². The highest BCUT2D eigenvalue weighted by molar-refractivity contribution is 6.31. The maximum atomic E-state index is 6.61. The minimum Gasteiger partial charge on any atom is -0.496 e. The zero-order valence-electron chi connectivity index (χ0n) is 11.4. The maximum absolute atomic E-state index is 6.61. The lowest BCUT2D eigenvalue weighted by Gasteiger charge is -2.17. The molecular formula is C16H16Cl2O2. The summed E-state index contributed by atoms with van der Waals surface area (Å²) < 4.78 is 11.0. The molecule has 0 N–H and O–H groups in total. The molecule has 0 amide bonds. The van der Waals surface area contributed by atoms with Crippen molar-refractivity contribution in [1.82, 2.24) is 0 Å². The average molecular weight is 311 g/mol. The summed E-state index contributed by atoms with van der Waals surface area (Å²) in [7, 11) is 1.62. The second kappa shape index (κ2) is 6.87. The largest absolute Gasteiger partial charge is 0.496 e. The van der Waals surface area contributed by atoms with Crippen LogP contribution in [0, 0.1) is 0 Å². The van der Waals surface area contributed by atoms with Crippen LogP contribution in [0.5, 0.6) is 11.5 Å². The van der Waals surface area contributed by atoms with Gasteiger partial charge < -0.3 is 9.47 Å². The Kier molecular flexibility index (Phi) is 5.16. The molecule has 0 bridgehead atoms. The molecule has 2 aromatic carbocycles. The lowest BCUT2D eigenvalue weighted by Crippen LogP contribution is -2.01. The normalized spacial score (nSPS) is 12.0. The third-order valence-corrected chi connectivity index (χ3v) is 3.66. The van der Waals surface area contributed by atoms with Crippen molar-refractivity contribution in [3.05, 3.63) is 58.6 Å². The van der Waals surface area contributed by atoms with Gasteiger partial charge in [-0.15, -0.1) is 11.6 Å². The number of hydrogen-bond donors (Lipinski definition) is 0. The van der Waals surface area contributed by atoms with Crippen molar-refractivity contribution >= 4 is 23.2 Å². The van der Waals surface area contributed by atoms with E-state index >= 15 is 0 Å². The van der Waals surface area contributed by atoms with Crippen LogP contribution in [0.1, 0.15) is 23.4 Å². The van der Waals surface area contributed by atoms with Crippen LogP contribution in [0.4, 0.5) is 0 Å². The number of para-hydroxylation sites is 1. The van der Waals surface area contributed by atoms with Gasteiger partial charge in [0.15, 0.2) is 0 Å². The first-order valence-corrected chi connectivity index (χ1v) is 7.18. The summed E-state index contributed by atoms with van der Waals surface area (Å²) in [5, 5.41) is 0.242. The maximum Gasteiger partial charge on any atom is 0.124 e. The highest BCUT2D eigenvalue weighted by Crippen LogP contribution is 2.40. The van der Waals surface area contributed by atoms with Gasteiger partial charge >= 0.3 is 0 Å². The van der Waals surface area contributed by atoms with E-state index in [1.165, 1.54) is 0 Å². The van der Waals surface area contributed by atoms with E-state index in [1.807, 2.05) is 43.3 Å². The number of hydrogen-bond acceptors (Lipinski definition) is 2. The van der Waals surface area contributed by atoms with E-state index in [0.717, 1.165) is 16.9 Å². The van der Waals surface area contributed by atoms with Crippen LogP contribution < -0.4 is 9.47 Å². The second-order valence-corrected chi connectivity index (χ2v) is 5.09. The highest BCUT2D eigenvalue weighted by Gasteiger charge is 2.19. The molecule has 1 unspecified atom stereocenters. The van der Waals surface area contributed by atoms with Crippen molar-refractivity contribution in [2.75, 3.05) is 13.7 Å². The molecule has 106 valence electrons. The number of benzene rings is 2. The molecule has 2 nitrogen and oxygen atoms in total. The molecule has 4 heteroatoms. The predicted molar refractivity (Wildman–Crippen MR) is 83.3 cm³/mol. The van der Waals surface area contributed by atoms with Gasteiger partial charge in [0.1, 0.15) is 11.5 Å². The number of methoxy groups -OCH3 is 1. The van der Waals surface area contributed by atoms with E-state index in [0.29, 0.717) is 17.4 Å². The number of halogens is 2. The Hall–Kier alpha value is -1.38. The van der Waals surface area contributed by atoms with Gasteiger partial charge in [0.05, 0.1) is 19.1 Å². The lowest BCUT2D eigenvalue weighted by atomic mass is 10.0. The topological polar surface area (TPSA) is 18.5 Å². The summed E-state index contributed by atoms with van der Waals surface area (Å²) in [6.07, 6.45) is 0. The molecule has 20 heavy (non-hydrogen) atoms. The summed E-state index contributed by atoms with van der Waals surface area (Å²) in [4.78, 5) is 0. The van der Waals surface area contributed by atoms with Gasteiger partial charge in [0.2, 0.25) is 0 Å². The molecule has 0 aliphatic rings. The van der Waals surface area contributed by atoms with Crippen LogP contribution in [0.15, 0.2) is 42.5 Å². The van der Waals surface area contributed by atoms with Crippen LogP contribution in [0.2, 0.25) is 5.02 Å². The SMILES string of the molecule is CCOc1ccccc1C(Cl)c1cc(Cl)ccc1OC. The number of ether oxygens (including phenoxy) is 2. The Morgan fingerprint density at radius 2 is 1.80 bits per heavy atom. The summed E-state index contributed by atoms with van der Waals surface area (Å²) in [6, 6.07) is 13.1. The smallest absolute Gasteiger partial charge is 0.124 e. The molecule has 0 saturated carbocycles. The van der Waals surface area contributed by atoms with Crippen LogP contribution in [-0.4, -0.2) is 13.7 Å². The monoisotopic (exact) mass is 310 g/mol. The van der Waals surface area contributed by atoms with Crippen molar-refractivity contribution < 1.29 is 9.47 Å². The predicted octanol–water partition coefficient (Wildman–Crippen LogP) is 5.08. The van der Waals surface area contributed by atoms with Crippen molar-refractivity contribution in [2.24, 2.45) is 0 Å². The fraction of sp³-hybridized carbons (Fsp3) is 0.250. The van der Waals surface area contributed by atoms with E-state index in [1.54, 1.807) is 13.2 Å². The molecule has 1 atom stereocenters. The standard InChI is InChI=1S/C16H16Cl2O2/c1-3-20-15-7-5-4-6-12(15)16(18)13-10-11(17)8-9-14(13)19-2/h4-10,16H,3H2,1-2H3. The van der Waals surface area contributed by atoms with Gasteiger partial charge in [0, 0.05) is 16.1 Å². The fourth-order valence-electron chi connectivity index (χ4n) is 2.05. The van der Waals surface area contributed by atoms with E-state index in [4.69, 9.17) is 32.7 Å². The molecule has 0 aliphatic carbocycles. The Labute approximate surface area is 129 Å². The first-order valence-electron chi connectivity index (χ1n) is 6.36. The van der Waals surface area contributed by atoms with Crippen molar-refractivity contribution in [3.8, 4) is 11.5 Å². The first kappa shape index (κ1) is 15.0. The van der Waals surface area contributed by atoms with E-state index in [9.17, 15) is 0 Å². The van der Waals surface area contributed by atoms with Crippen molar-refractivity contribution in [3.63, 3.8) is 0 Å². The Balaban J connectivity index is 2.45. The minimum absolute atomic E-state index is 0.383. The minimum atomic E-state index is -0.383. The summed E-state index contributed by atoms with van der Waals surface area (Å²) in [5.41, 5.74) is 1.73. The van der Waals surface area contributed by atoms with Crippen LogP contribution in [-0.2, 0) is 0 Å². The summed E-state index contributed by atoms with van der Waals surface area (Å²) in [5.74, 6) is 1.48. The third-order valence-electron chi connectivity index (χ3n) is 2.96. The molecule has 0 aliphatic heterocycles. The summed E-state index contributed by atoms with van der Waals surface area (Å²) in [6.45, 7) is 2.54. The molecule has 0 heterocycles. The molecule has 0 fully saturated rings. The molecule has 0 aromatic heterocycles. The quantitative estimate of drug-likeness (QED) is 0.717. The molecular weight excluding hydrogens is 295 g/mol. The van der Waals surface area contributed by atoms with Crippen LogP contribution in [0.25, 0.3) is 0 Å². The van der Waals surface area contributed by atoms with Gasteiger partial charge in [-0.25, -0.2) is 0 Å². The van der Waals surface area contributed by atoms with Crippen molar-refractivity contribution in [2.45, 2.75) is 12.3 Å². The Bertz CT molecular complexity index is 584. The zero-order valence-corrected chi connectivity index (χ0v) is 12.9. The second-order valence-electron chi connectivity index (χ2n) is 4.22. The molecule has 0 radical (unpaired) electrons. The van der Waals surface area contributed by atoms with E-state index in [2.05, 4.69) is 0 Å².